The number of rotatable bonds is 6. The van der Waals surface area contributed by atoms with Crippen LogP contribution < -0.4 is 5.69 Å². The zero-order valence-corrected chi connectivity index (χ0v) is 19.3. The maximum atomic E-state index is 12.3. The van der Waals surface area contributed by atoms with Gasteiger partial charge in [0.1, 0.15) is 12.3 Å². The molecule has 0 amide bonds. The van der Waals surface area contributed by atoms with Crippen molar-refractivity contribution in [1.29, 1.82) is 0 Å². The standard InChI is InChI=1S/C23H26N8O2/c1-6-21(25-24-16(3)22-17-11-7-8-12-19(17)29(4)26-22)33-14-18-15(2)10-9-13-20(18)31-23(32)30(5)27-28-31/h7-13H,6,14H2,1-5H3/b24-16-,25-21+. The fourth-order valence-corrected chi connectivity index (χ4v) is 3.55. The van der Waals surface area contributed by atoms with Crippen LogP contribution in [0.2, 0.25) is 0 Å². The van der Waals surface area contributed by atoms with E-state index in [0.717, 1.165) is 27.7 Å². The molecule has 0 aliphatic rings. The molecule has 4 aromatic rings. The molecule has 0 N–H and O–H groups in total. The van der Waals surface area contributed by atoms with E-state index in [1.54, 1.807) is 7.05 Å². The molecule has 2 heterocycles. The fourth-order valence-electron chi connectivity index (χ4n) is 3.55. The number of para-hydroxylation sites is 1. The van der Waals surface area contributed by atoms with E-state index in [1.165, 1.54) is 9.36 Å². The van der Waals surface area contributed by atoms with Crippen molar-refractivity contribution in [2.45, 2.75) is 33.8 Å². The van der Waals surface area contributed by atoms with Crippen molar-refractivity contribution < 1.29 is 4.74 Å². The predicted molar refractivity (Wildman–Crippen MR) is 127 cm³/mol. The Bertz CT molecular complexity index is 1420. The van der Waals surface area contributed by atoms with Crippen LogP contribution in [0.4, 0.5) is 0 Å². The molecular formula is C23H26N8O2. The highest BCUT2D eigenvalue weighted by Crippen LogP contribution is 2.20. The number of aryl methyl sites for hydroxylation is 3. The van der Waals surface area contributed by atoms with Crippen LogP contribution in [0, 0.1) is 6.92 Å². The van der Waals surface area contributed by atoms with Gasteiger partial charge in [0.2, 0.25) is 5.90 Å². The minimum absolute atomic E-state index is 0.221. The summed E-state index contributed by atoms with van der Waals surface area (Å²) >= 11 is 0. The van der Waals surface area contributed by atoms with Crippen molar-refractivity contribution in [2.75, 3.05) is 0 Å². The minimum Gasteiger partial charge on any atom is -0.475 e. The van der Waals surface area contributed by atoms with Crippen molar-refractivity contribution >= 4 is 22.5 Å². The first-order valence-electron chi connectivity index (χ1n) is 10.6. The van der Waals surface area contributed by atoms with Gasteiger partial charge >= 0.3 is 5.69 Å². The third-order valence-electron chi connectivity index (χ3n) is 5.43. The number of benzene rings is 2. The second-order valence-corrected chi connectivity index (χ2v) is 7.68. The van der Waals surface area contributed by atoms with Crippen molar-refractivity contribution in [3.63, 3.8) is 0 Å². The van der Waals surface area contributed by atoms with Crippen LogP contribution in [0.3, 0.4) is 0 Å². The number of tetrazole rings is 1. The molecule has 170 valence electrons. The number of nitrogens with zero attached hydrogens (tertiary/aromatic N) is 8. The van der Waals surface area contributed by atoms with E-state index in [1.807, 2.05) is 75.0 Å². The Morgan fingerprint density at radius 1 is 1.03 bits per heavy atom. The van der Waals surface area contributed by atoms with Gasteiger partial charge in [-0.1, -0.05) is 37.3 Å². The summed E-state index contributed by atoms with van der Waals surface area (Å²) in [6.45, 7) is 6.01. The molecule has 2 aromatic heterocycles. The van der Waals surface area contributed by atoms with Crippen LogP contribution >= 0.6 is 0 Å². The number of hydrogen-bond acceptors (Lipinski definition) is 7. The maximum absolute atomic E-state index is 12.3. The van der Waals surface area contributed by atoms with Gasteiger partial charge in [-0.25, -0.2) is 4.79 Å². The minimum atomic E-state index is -0.325. The lowest BCUT2D eigenvalue weighted by atomic mass is 10.1. The molecule has 2 aromatic carbocycles. The molecule has 0 saturated heterocycles. The first kappa shape index (κ1) is 22.1. The average molecular weight is 447 g/mol. The number of fused-ring (bicyclic) bond motifs is 1. The highest BCUT2D eigenvalue weighted by atomic mass is 16.5. The van der Waals surface area contributed by atoms with Gasteiger partial charge in [-0.2, -0.15) is 19.6 Å². The van der Waals surface area contributed by atoms with E-state index >= 15 is 0 Å². The highest BCUT2D eigenvalue weighted by Gasteiger charge is 2.14. The normalized spacial score (nSPS) is 12.5. The van der Waals surface area contributed by atoms with Gasteiger partial charge in [-0.3, -0.25) is 4.68 Å². The van der Waals surface area contributed by atoms with Crippen LogP contribution in [-0.4, -0.2) is 41.2 Å². The maximum Gasteiger partial charge on any atom is 0.368 e. The fraction of sp³-hybridized carbons (Fsp3) is 0.304. The molecule has 10 heteroatoms. The topological polar surface area (TPSA) is 104 Å². The molecule has 0 aliphatic heterocycles. The second kappa shape index (κ2) is 9.19. The number of ether oxygens (including phenoxy) is 1. The summed E-state index contributed by atoms with van der Waals surface area (Å²) in [6.07, 6.45) is 0.562. The smallest absolute Gasteiger partial charge is 0.368 e. The monoisotopic (exact) mass is 446 g/mol. The van der Waals surface area contributed by atoms with E-state index in [2.05, 4.69) is 25.7 Å². The summed E-state index contributed by atoms with van der Waals surface area (Å²) in [5.74, 6) is 0.482. The van der Waals surface area contributed by atoms with Crippen LogP contribution in [0.25, 0.3) is 16.6 Å². The summed E-state index contributed by atoms with van der Waals surface area (Å²) < 4.78 is 10.3. The molecule has 10 nitrogen and oxygen atoms in total. The van der Waals surface area contributed by atoms with Crippen LogP contribution in [0.5, 0.6) is 0 Å². The Morgan fingerprint density at radius 3 is 2.55 bits per heavy atom. The van der Waals surface area contributed by atoms with Gasteiger partial charge in [0.25, 0.3) is 0 Å². The van der Waals surface area contributed by atoms with Crippen LogP contribution in [-0.2, 0) is 25.4 Å². The quantitative estimate of drug-likeness (QED) is 0.257. The SMILES string of the molecule is CC/C(=N\N=C(\C)c1nn(C)c2ccccc12)OCc1c(C)cccc1-n1nnn(C)c1=O. The van der Waals surface area contributed by atoms with Crippen molar-refractivity contribution in [2.24, 2.45) is 24.3 Å². The van der Waals surface area contributed by atoms with Gasteiger partial charge in [0.05, 0.1) is 16.9 Å². The Balaban J connectivity index is 1.59. The first-order valence-corrected chi connectivity index (χ1v) is 10.6. The number of hydrogen-bond donors (Lipinski definition) is 0. The molecule has 0 saturated carbocycles. The molecule has 0 spiro atoms. The Kier molecular flexibility index (Phi) is 6.16. The Morgan fingerprint density at radius 2 is 1.82 bits per heavy atom. The van der Waals surface area contributed by atoms with Crippen LogP contribution in [0.1, 0.15) is 37.1 Å². The Labute approximate surface area is 190 Å². The summed E-state index contributed by atoms with van der Waals surface area (Å²) in [7, 11) is 3.47. The van der Waals surface area contributed by atoms with E-state index in [0.29, 0.717) is 23.7 Å². The van der Waals surface area contributed by atoms with Gasteiger partial charge in [0, 0.05) is 31.5 Å². The largest absolute Gasteiger partial charge is 0.475 e. The van der Waals surface area contributed by atoms with E-state index < -0.39 is 0 Å². The summed E-state index contributed by atoms with van der Waals surface area (Å²) in [4.78, 5) is 12.3. The molecule has 0 atom stereocenters. The summed E-state index contributed by atoms with van der Waals surface area (Å²) in [5.41, 5.74) is 4.62. The lowest BCUT2D eigenvalue weighted by Crippen LogP contribution is -2.23. The van der Waals surface area contributed by atoms with Crippen LogP contribution in [0.15, 0.2) is 57.5 Å². The van der Waals surface area contributed by atoms with E-state index in [4.69, 9.17) is 4.74 Å². The molecule has 0 aliphatic carbocycles. The van der Waals surface area contributed by atoms with Gasteiger partial charge in [-0.15, -0.1) is 5.10 Å². The second-order valence-electron chi connectivity index (χ2n) is 7.68. The molecule has 33 heavy (non-hydrogen) atoms. The summed E-state index contributed by atoms with van der Waals surface area (Å²) in [6, 6.07) is 13.6. The van der Waals surface area contributed by atoms with Crippen molar-refractivity contribution in [3.8, 4) is 5.69 Å². The molecular weight excluding hydrogens is 420 g/mol. The lowest BCUT2D eigenvalue weighted by Gasteiger charge is -2.13. The third-order valence-corrected chi connectivity index (χ3v) is 5.43. The van der Waals surface area contributed by atoms with Gasteiger partial charge < -0.3 is 4.74 Å². The van der Waals surface area contributed by atoms with Gasteiger partial charge in [0.15, 0.2) is 0 Å². The molecule has 0 bridgehead atoms. The van der Waals surface area contributed by atoms with E-state index in [-0.39, 0.29) is 12.3 Å². The average Bonchev–Trinajstić information content (AvgIpc) is 3.33. The molecule has 4 rings (SSSR count). The molecule has 0 unspecified atom stereocenters. The predicted octanol–water partition coefficient (Wildman–Crippen LogP) is 2.91. The third kappa shape index (κ3) is 4.32. The Hall–Kier alpha value is -4.08. The lowest BCUT2D eigenvalue weighted by molar-refractivity contribution is 0.282. The van der Waals surface area contributed by atoms with E-state index in [9.17, 15) is 4.79 Å². The summed E-state index contributed by atoms with van der Waals surface area (Å²) in [5, 5.41) is 22.1. The molecule has 0 radical (unpaired) electrons. The number of aromatic nitrogens is 6. The van der Waals surface area contributed by atoms with Crippen molar-refractivity contribution in [3.05, 3.63) is 69.8 Å². The zero-order valence-electron chi connectivity index (χ0n) is 19.3. The highest BCUT2D eigenvalue weighted by molar-refractivity contribution is 6.07. The zero-order chi connectivity index (χ0) is 23.5. The molecule has 0 fully saturated rings. The van der Waals surface area contributed by atoms with Gasteiger partial charge in [-0.05, 0) is 42.0 Å². The van der Waals surface area contributed by atoms with Crippen molar-refractivity contribution in [1.82, 2.24) is 29.6 Å². The first-order chi connectivity index (χ1) is 15.9.